The highest BCUT2D eigenvalue weighted by Gasteiger charge is 1.98. The second kappa shape index (κ2) is 6.07. The first-order valence-corrected chi connectivity index (χ1v) is 6.20. The molecule has 14 heavy (non-hydrogen) atoms. The van der Waals surface area contributed by atoms with Gasteiger partial charge >= 0.3 is 0 Å². The zero-order valence-electron chi connectivity index (χ0n) is 8.96. The lowest BCUT2D eigenvalue weighted by molar-refractivity contribution is 0.775. The van der Waals surface area contributed by atoms with Crippen LogP contribution in [0.2, 0.25) is 0 Å². The third kappa shape index (κ3) is 3.70. The molecule has 1 aromatic rings. The Morgan fingerprint density at radius 1 is 1.14 bits per heavy atom. The van der Waals surface area contributed by atoms with Crippen molar-refractivity contribution in [2.45, 2.75) is 19.8 Å². The van der Waals surface area contributed by atoms with E-state index >= 15 is 0 Å². The van der Waals surface area contributed by atoms with Crippen LogP contribution in [0.3, 0.4) is 0 Å². The molecule has 0 aliphatic carbocycles. The molecule has 0 unspecified atom stereocenters. The minimum absolute atomic E-state index is 1.11. The Balaban J connectivity index is 2.43. The molecule has 0 amide bonds. The Kier molecular flexibility index (Phi) is 5.02. The van der Waals surface area contributed by atoms with Gasteiger partial charge in [0.2, 0.25) is 0 Å². The number of benzene rings is 1. The second-order valence-electron chi connectivity index (χ2n) is 3.65. The molecule has 0 atom stereocenters. The minimum atomic E-state index is 1.11. The van der Waals surface area contributed by atoms with Crippen LogP contribution in [0.4, 0.5) is 5.69 Å². The van der Waals surface area contributed by atoms with E-state index in [0.29, 0.717) is 0 Å². The molecule has 0 saturated carbocycles. The predicted molar refractivity (Wildman–Crippen MR) is 67.5 cm³/mol. The number of hydrogen-bond acceptors (Lipinski definition) is 1. The van der Waals surface area contributed by atoms with E-state index in [2.05, 4.69) is 59.1 Å². The van der Waals surface area contributed by atoms with E-state index in [-0.39, 0.29) is 0 Å². The summed E-state index contributed by atoms with van der Waals surface area (Å²) in [6.45, 7) is 3.25. The zero-order chi connectivity index (χ0) is 10.4. The molecule has 0 aliphatic heterocycles. The van der Waals surface area contributed by atoms with Crippen LogP contribution in [0, 0.1) is 6.92 Å². The van der Waals surface area contributed by atoms with Crippen molar-refractivity contribution >= 4 is 21.6 Å². The van der Waals surface area contributed by atoms with Gasteiger partial charge in [-0.05, 0) is 31.9 Å². The van der Waals surface area contributed by atoms with Crippen molar-refractivity contribution in [1.82, 2.24) is 0 Å². The van der Waals surface area contributed by atoms with Crippen molar-refractivity contribution in [3.8, 4) is 0 Å². The van der Waals surface area contributed by atoms with Crippen molar-refractivity contribution in [3.05, 3.63) is 29.8 Å². The molecule has 0 bridgehead atoms. The number of anilines is 1. The highest BCUT2D eigenvalue weighted by atomic mass is 79.9. The van der Waals surface area contributed by atoms with Crippen LogP contribution in [0.25, 0.3) is 0 Å². The molecule has 0 radical (unpaired) electrons. The molecule has 1 nitrogen and oxygen atoms in total. The van der Waals surface area contributed by atoms with Gasteiger partial charge in [0.25, 0.3) is 0 Å². The van der Waals surface area contributed by atoms with Crippen LogP contribution in [0.1, 0.15) is 18.4 Å². The molecule has 0 aliphatic rings. The SMILES string of the molecule is Cc1ccc(N(C)CCCCBr)cc1. The van der Waals surface area contributed by atoms with E-state index in [1.807, 2.05) is 0 Å². The summed E-state index contributed by atoms with van der Waals surface area (Å²) in [5.41, 5.74) is 2.63. The van der Waals surface area contributed by atoms with Crippen LogP contribution in [-0.4, -0.2) is 18.9 Å². The minimum Gasteiger partial charge on any atom is -0.375 e. The fourth-order valence-corrected chi connectivity index (χ4v) is 1.77. The number of halogens is 1. The van der Waals surface area contributed by atoms with Crippen molar-refractivity contribution in [3.63, 3.8) is 0 Å². The third-order valence-corrected chi connectivity index (χ3v) is 2.91. The Hall–Kier alpha value is -0.500. The molecule has 1 rings (SSSR count). The smallest absolute Gasteiger partial charge is 0.0363 e. The Morgan fingerprint density at radius 2 is 1.79 bits per heavy atom. The summed E-state index contributed by atoms with van der Waals surface area (Å²) >= 11 is 3.45. The largest absolute Gasteiger partial charge is 0.375 e. The van der Waals surface area contributed by atoms with Crippen LogP contribution >= 0.6 is 15.9 Å². The fourth-order valence-electron chi connectivity index (χ4n) is 1.37. The van der Waals surface area contributed by atoms with Crippen molar-refractivity contribution in [1.29, 1.82) is 0 Å². The summed E-state index contributed by atoms with van der Waals surface area (Å²) < 4.78 is 0. The number of unbranched alkanes of at least 4 members (excludes halogenated alkanes) is 1. The molecule has 78 valence electrons. The standard InChI is InChI=1S/C12H18BrN/c1-11-5-7-12(8-6-11)14(2)10-4-3-9-13/h5-8H,3-4,9-10H2,1-2H3. The highest BCUT2D eigenvalue weighted by Crippen LogP contribution is 2.13. The molecule has 0 heterocycles. The summed E-state index contributed by atoms with van der Waals surface area (Å²) in [4.78, 5) is 2.31. The van der Waals surface area contributed by atoms with Gasteiger partial charge in [0.05, 0.1) is 0 Å². The van der Waals surface area contributed by atoms with E-state index in [4.69, 9.17) is 0 Å². The Bertz CT molecular complexity index is 256. The van der Waals surface area contributed by atoms with Crippen molar-refractivity contribution in [2.24, 2.45) is 0 Å². The van der Waals surface area contributed by atoms with Gasteiger partial charge in [0.15, 0.2) is 0 Å². The maximum atomic E-state index is 3.45. The van der Waals surface area contributed by atoms with Gasteiger partial charge in [-0.3, -0.25) is 0 Å². The van der Waals surface area contributed by atoms with Gasteiger partial charge in [-0.2, -0.15) is 0 Å². The summed E-state index contributed by atoms with van der Waals surface area (Å²) in [5.74, 6) is 0. The van der Waals surface area contributed by atoms with E-state index in [9.17, 15) is 0 Å². The molecule has 0 N–H and O–H groups in total. The average Bonchev–Trinajstić information content (AvgIpc) is 2.19. The monoisotopic (exact) mass is 255 g/mol. The lowest BCUT2D eigenvalue weighted by atomic mass is 10.2. The average molecular weight is 256 g/mol. The fraction of sp³-hybridized carbons (Fsp3) is 0.500. The summed E-state index contributed by atoms with van der Waals surface area (Å²) in [6, 6.07) is 8.69. The third-order valence-electron chi connectivity index (χ3n) is 2.35. The van der Waals surface area contributed by atoms with Gasteiger partial charge in [0.1, 0.15) is 0 Å². The first-order valence-electron chi connectivity index (χ1n) is 5.08. The first-order chi connectivity index (χ1) is 6.74. The Labute approximate surface area is 95.2 Å². The number of nitrogens with zero attached hydrogens (tertiary/aromatic N) is 1. The molecule has 1 aromatic carbocycles. The molecule has 2 heteroatoms. The number of rotatable bonds is 5. The van der Waals surface area contributed by atoms with Crippen LogP contribution in [-0.2, 0) is 0 Å². The summed E-state index contributed by atoms with van der Waals surface area (Å²) in [6.07, 6.45) is 2.49. The summed E-state index contributed by atoms with van der Waals surface area (Å²) in [7, 11) is 2.15. The Morgan fingerprint density at radius 3 is 2.36 bits per heavy atom. The topological polar surface area (TPSA) is 3.24 Å². The number of alkyl halides is 1. The van der Waals surface area contributed by atoms with E-state index in [1.54, 1.807) is 0 Å². The van der Waals surface area contributed by atoms with Crippen LogP contribution < -0.4 is 4.90 Å². The predicted octanol–water partition coefficient (Wildman–Crippen LogP) is 3.61. The lowest BCUT2D eigenvalue weighted by Gasteiger charge is -2.19. The molecular weight excluding hydrogens is 238 g/mol. The highest BCUT2D eigenvalue weighted by molar-refractivity contribution is 9.09. The summed E-state index contributed by atoms with van der Waals surface area (Å²) in [5, 5.41) is 1.11. The van der Waals surface area contributed by atoms with Gasteiger partial charge in [-0.15, -0.1) is 0 Å². The van der Waals surface area contributed by atoms with Crippen LogP contribution in [0.15, 0.2) is 24.3 Å². The zero-order valence-corrected chi connectivity index (χ0v) is 10.5. The van der Waals surface area contributed by atoms with E-state index in [0.717, 1.165) is 11.9 Å². The molecule has 0 saturated heterocycles. The van der Waals surface area contributed by atoms with Crippen molar-refractivity contribution in [2.75, 3.05) is 23.8 Å². The first kappa shape index (κ1) is 11.6. The van der Waals surface area contributed by atoms with Gasteiger partial charge < -0.3 is 4.90 Å². The van der Waals surface area contributed by atoms with Gasteiger partial charge in [0, 0.05) is 24.6 Å². The van der Waals surface area contributed by atoms with Crippen molar-refractivity contribution < 1.29 is 0 Å². The molecule has 0 aromatic heterocycles. The number of hydrogen-bond donors (Lipinski definition) is 0. The quantitative estimate of drug-likeness (QED) is 0.574. The molecule has 0 spiro atoms. The molecular formula is C12H18BrN. The van der Waals surface area contributed by atoms with Gasteiger partial charge in [-0.1, -0.05) is 33.6 Å². The maximum Gasteiger partial charge on any atom is 0.0363 e. The van der Waals surface area contributed by atoms with E-state index < -0.39 is 0 Å². The maximum absolute atomic E-state index is 3.45. The van der Waals surface area contributed by atoms with Crippen LogP contribution in [0.5, 0.6) is 0 Å². The normalized spacial score (nSPS) is 10.2. The van der Waals surface area contributed by atoms with Gasteiger partial charge in [-0.25, -0.2) is 0 Å². The molecule has 0 fully saturated rings. The number of aryl methyl sites for hydroxylation is 1. The second-order valence-corrected chi connectivity index (χ2v) is 4.45. The lowest BCUT2D eigenvalue weighted by Crippen LogP contribution is -2.18. The van der Waals surface area contributed by atoms with E-state index in [1.165, 1.54) is 24.1 Å².